The van der Waals surface area contributed by atoms with Gasteiger partial charge in [-0.15, -0.1) is 0 Å². The number of nitro groups is 1. The molecular formula is C8H11N3O3S. The molecule has 6 nitrogen and oxygen atoms in total. The Hall–Kier alpha value is -1.47. The van der Waals surface area contributed by atoms with E-state index in [2.05, 4.69) is 5.32 Å². The van der Waals surface area contributed by atoms with Gasteiger partial charge in [0.25, 0.3) is 0 Å². The van der Waals surface area contributed by atoms with Gasteiger partial charge in [0.15, 0.2) is 0 Å². The predicted molar refractivity (Wildman–Crippen MR) is 56.5 cm³/mol. The number of amides is 1. The van der Waals surface area contributed by atoms with Gasteiger partial charge < -0.3 is 11.1 Å². The molecule has 1 aromatic rings. The molecule has 1 rings (SSSR count). The third kappa shape index (κ3) is 3.30. The number of carbonyl (C=O) groups is 1. The van der Waals surface area contributed by atoms with Gasteiger partial charge in [-0.1, -0.05) is 11.3 Å². The molecule has 0 saturated carbocycles. The molecular weight excluding hydrogens is 218 g/mol. The highest BCUT2D eigenvalue weighted by molar-refractivity contribution is 7.15. The summed E-state index contributed by atoms with van der Waals surface area (Å²) in [4.78, 5) is 21.4. The van der Waals surface area contributed by atoms with E-state index in [1.54, 1.807) is 13.0 Å². The highest BCUT2D eigenvalue weighted by Gasteiger charge is 2.11. The van der Waals surface area contributed by atoms with Gasteiger partial charge in [0.1, 0.15) is 0 Å². The van der Waals surface area contributed by atoms with E-state index in [-0.39, 0.29) is 5.00 Å². The van der Waals surface area contributed by atoms with E-state index in [9.17, 15) is 14.9 Å². The van der Waals surface area contributed by atoms with Gasteiger partial charge in [-0.3, -0.25) is 14.9 Å². The van der Waals surface area contributed by atoms with Crippen LogP contribution in [0.15, 0.2) is 12.1 Å². The molecule has 1 atom stereocenters. The molecule has 7 heteroatoms. The largest absolute Gasteiger partial charge is 0.368 e. The van der Waals surface area contributed by atoms with Crippen molar-refractivity contribution in [3.63, 3.8) is 0 Å². The highest BCUT2D eigenvalue weighted by atomic mass is 32.1. The first-order chi connectivity index (χ1) is 7.00. The van der Waals surface area contributed by atoms with Crippen molar-refractivity contribution in [1.82, 2.24) is 5.32 Å². The second kappa shape index (κ2) is 4.85. The Kier molecular flexibility index (Phi) is 3.75. The Bertz CT molecular complexity index is 377. The van der Waals surface area contributed by atoms with Gasteiger partial charge in [0.05, 0.1) is 11.0 Å². The molecule has 1 amide bonds. The number of hydrogen-bond acceptors (Lipinski definition) is 5. The molecule has 0 aromatic carbocycles. The average molecular weight is 229 g/mol. The van der Waals surface area contributed by atoms with Gasteiger partial charge >= 0.3 is 5.00 Å². The molecule has 0 radical (unpaired) electrons. The van der Waals surface area contributed by atoms with E-state index in [0.717, 1.165) is 16.2 Å². The van der Waals surface area contributed by atoms with Gasteiger partial charge in [-0.05, 0) is 13.0 Å². The lowest BCUT2D eigenvalue weighted by atomic mass is 10.3. The van der Waals surface area contributed by atoms with Crippen LogP contribution in [0.4, 0.5) is 5.00 Å². The number of carbonyl (C=O) groups excluding carboxylic acids is 1. The second-order valence-corrected chi connectivity index (χ2v) is 4.15. The average Bonchev–Trinajstić information content (AvgIpc) is 2.62. The molecule has 1 heterocycles. The molecule has 3 N–H and O–H groups in total. The molecule has 15 heavy (non-hydrogen) atoms. The van der Waals surface area contributed by atoms with Crippen LogP contribution in [0.5, 0.6) is 0 Å². The number of thiophene rings is 1. The minimum absolute atomic E-state index is 0.0959. The Balaban J connectivity index is 2.51. The minimum atomic E-state index is -0.443. The first-order valence-corrected chi connectivity index (χ1v) is 5.08. The third-order valence-corrected chi connectivity index (χ3v) is 2.87. The zero-order valence-electron chi connectivity index (χ0n) is 8.10. The number of rotatable bonds is 5. The summed E-state index contributed by atoms with van der Waals surface area (Å²) in [5.74, 6) is -0.443. The number of nitrogens with one attached hydrogen (secondary N) is 1. The third-order valence-electron chi connectivity index (χ3n) is 1.84. The standard InChI is InChI=1S/C8H11N3O3S/c1-5(8(9)12)10-4-6-2-3-7(15-6)11(13)14/h2-3,5,10H,4H2,1H3,(H2,9,12). The molecule has 0 saturated heterocycles. The van der Waals surface area contributed by atoms with E-state index in [1.807, 2.05) is 0 Å². The van der Waals surface area contributed by atoms with Gasteiger partial charge in [-0.25, -0.2) is 0 Å². The number of primary amides is 1. The zero-order chi connectivity index (χ0) is 11.4. The molecule has 82 valence electrons. The normalized spacial score (nSPS) is 12.3. The zero-order valence-corrected chi connectivity index (χ0v) is 8.91. The summed E-state index contributed by atoms with van der Waals surface area (Å²) >= 11 is 1.08. The van der Waals surface area contributed by atoms with Crippen LogP contribution < -0.4 is 11.1 Å². The molecule has 1 aromatic heterocycles. The predicted octanol–water partition coefficient (Wildman–Crippen LogP) is 0.620. The fourth-order valence-electron chi connectivity index (χ4n) is 0.914. The summed E-state index contributed by atoms with van der Waals surface area (Å²) < 4.78 is 0. The summed E-state index contributed by atoms with van der Waals surface area (Å²) in [6.45, 7) is 2.05. The maximum Gasteiger partial charge on any atom is 0.324 e. The Morgan fingerprint density at radius 1 is 1.73 bits per heavy atom. The maximum absolute atomic E-state index is 10.7. The molecule has 0 bridgehead atoms. The van der Waals surface area contributed by atoms with Gasteiger partial charge in [0.2, 0.25) is 5.91 Å². The fourth-order valence-corrected chi connectivity index (χ4v) is 1.68. The lowest BCUT2D eigenvalue weighted by Crippen LogP contribution is -2.38. The Morgan fingerprint density at radius 2 is 2.40 bits per heavy atom. The summed E-state index contributed by atoms with van der Waals surface area (Å²) in [7, 11) is 0. The summed E-state index contributed by atoms with van der Waals surface area (Å²) in [5.41, 5.74) is 5.05. The molecule has 0 fully saturated rings. The van der Waals surface area contributed by atoms with Crippen LogP contribution in [0.2, 0.25) is 0 Å². The van der Waals surface area contributed by atoms with E-state index < -0.39 is 16.9 Å². The molecule has 0 aliphatic heterocycles. The van der Waals surface area contributed by atoms with Crippen molar-refractivity contribution >= 4 is 22.2 Å². The Labute approximate surface area is 90.2 Å². The van der Waals surface area contributed by atoms with Crippen molar-refractivity contribution in [2.75, 3.05) is 0 Å². The van der Waals surface area contributed by atoms with Crippen LogP contribution >= 0.6 is 11.3 Å². The second-order valence-electron chi connectivity index (χ2n) is 3.00. The van der Waals surface area contributed by atoms with Crippen LogP contribution in [0.3, 0.4) is 0 Å². The van der Waals surface area contributed by atoms with E-state index in [1.165, 1.54) is 6.07 Å². The van der Waals surface area contributed by atoms with Crippen molar-refractivity contribution in [2.24, 2.45) is 5.73 Å². The fraction of sp³-hybridized carbons (Fsp3) is 0.375. The van der Waals surface area contributed by atoms with Crippen molar-refractivity contribution in [1.29, 1.82) is 0 Å². The van der Waals surface area contributed by atoms with E-state index in [4.69, 9.17) is 5.73 Å². The number of nitrogens with zero attached hydrogens (tertiary/aromatic N) is 1. The Morgan fingerprint density at radius 3 is 2.87 bits per heavy atom. The summed E-state index contributed by atoms with van der Waals surface area (Å²) in [6, 6.07) is 2.66. The van der Waals surface area contributed by atoms with Crippen LogP contribution in [0.1, 0.15) is 11.8 Å². The summed E-state index contributed by atoms with van der Waals surface area (Å²) in [6.07, 6.45) is 0. The lowest BCUT2D eigenvalue weighted by molar-refractivity contribution is -0.380. The molecule has 1 unspecified atom stereocenters. The van der Waals surface area contributed by atoms with Crippen molar-refractivity contribution < 1.29 is 9.72 Å². The van der Waals surface area contributed by atoms with E-state index in [0.29, 0.717) is 6.54 Å². The smallest absolute Gasteiger partial charge is 0.324 e. The SMILES string of the molecule is CC(NCc1ccc([N+](=O)[O-])s1)C(N)=O. The van der Waals surface area contributed by atoms with Crippen LogP contribution in [0, 0.1) is 10.1 Å². The van der Waals surface area contributed by atoms with Crippen LogP contribution in [0.25, 0.3) is 0 Å². The summed E-state index contributed by atoms with van der Waals surface area (Å²) in [5, 5.41) is 13.3. The first kappa shape index (κ1) is 11.6. The number of nitrogens with two attached hydrogens (primary N) is 1. The lowest BCUT2D eigenvalue weighted by Gasteiger charge is -2.07. The van der Waals surface area contributed by atoms with Gasteiger partial charge in [-0.2, -0.15) is 0 Å². The van der Waals surface area contributed by atoms with Crippen molar-refractivity contribution in [2.45, 2.75) is 19.5 Å². The first-order valence-electron chi connectivity index (χ1n) is 4.26. The van der Waals surface area contributed by atoms with Crippen LogP contribution in [-0.4, -0.2) is 16.9 Å². The molecule has 0 aliphatic carbocycles. The maximum atomic E-state index is 10.7. The van der Waals surface area contributed by atoms with Gasteiger partial charge in [0, 0.05) is 17.5 Å². The number of hydrogen-bond donors (Lipinski definition) is 2. The van der Waals surface area contributed by atoms with Crippen molar-refractivity contribution in [3.05, 3.63) is 27.1 Å². The highest BCUT2D eigenvalue weighted by Crippen LogP contribution is 2.23. The molecule has 0 aliphatic rings. The van der Waals surface area contributed by atoms with Crippen molar-refractivity contribution in [3.8, 4) is 0 Å². The van der Waals surface area contributed by atoms with E-state index >= 15 is 0 Å². The minimum Gasteiger partial charge on any atom is -0.368 e. The topological polar surface area (TPSA) is 98.3 Å². The molecule has 0 spiro atoms. The monoisotopic (exact) mass is 229 g/mol. The quantitative estimate of drug-likeness (QED) is 0.571. The van der Waals surface area contributed by atoms with Crippen LogP contribution in [-0.2, 0) is 11.3 Å².